The van der Waals surface area contributed by atoms with Gasteiger partial charge in [0.15, 0.2) is 0 Å². The molecule has 1 rings (SSSR count). The third-order valence-electron chi connectivity index (χ3n) is 2.47. The largest absolute Gasteiger partial charge is 0.370 e. The summed E-state index contributed by atoms with van der Waals surface area (Å²) in [7, 11) is 0. The standard InChI is InChI=1S/C13H21N5/c1-4-5-6-7-15-11-8-12(17-10-16-11)18-13(2,3)9-14/h8,10H,4-7H2,1-3H3,(H2,15,16,17,18). The van der Waals surface area contributed by atoms with Crippen LogP contribution in [0.4, 0.5) is 11.6 Å². The zero-order valence-electron chi connectivity index (χ0n) is 11.3. The Morgan fingerprint density at radius 2 is 2.00 bits per heavy atom. The first-order valence-corrected chi connectivity index (χ1v) is 6.33. The summed E-state index contributed by atoms with van der Waals surface area (Å²) in [6.45, 7) is 6.70. The van der Waals surface area contributed by atoms with E-state index in [0.717, 1.165) is 18.8 Å². The minimum atomic E-state index is -0.631. The minimum Gasteiger partial charge on any atom is -0.370 e. The van der Waals surface area contributed by atoms with Crippen LogP contribution in [0.25, 0.3) is 0 Å². The van der Waals surface area contributed by atoms with E-state index in [9.17, 15) is 0 Å². The van der Waals surface area contributed by atoms with Gasteiger partial charge in [-0.2, -0.15) is 5.26 Å². The van der Waals surface area contributed by atoms with Crippen molar-refractivity contribution >= 4 is 11.6 Å². The normalized spacial score (nSPS) is 10.8. The first-order chi connectivity index (χ1) is 8.57. The second kappa shape index (κ2) is 6.80. The van der Waals surface area contributed by atoms with Crippen LogP contribution < -0.4 is 10.6 Å². The molecule has 0 aliphatic rings. The Balaban J connectivity index is 2.55. The van der Waals surface area contributed by atoms with Crippen LogP contribution in [-0.4, -0.2) is 22.1 Å². The Morgan fingerprint density at radius 1 is 1.28 bits per heavy atom. The number of nitriles is 1. The predicted octanol–water partition coefficient (Wildman–Crippen LogP) is 2.79. The van der Waals surface area contributed by atoms with Gasteiger partial charge in [-0.3, -0.25) is 0 Å². The molecule has 0 unspecified atom stereocenters. The van der Waals surface area contributed by atoms with E-state index in [1.54, 1.807) is 0 Å². The molecule has 1 aromatic heterocycles. The van der Waals surface area contributed by atoms with Crippen LogP contribution in [0.3, 0.4) is 0 Å². The van der Waals surface area contributed by atoms with Crippen molar-refractivity contribution in [3.63, 3.8) is 0 Å². The number of aromatic nitrogens is 2. The van der Waals surface area contributed by atoms with Crippen molar-refractivity contribution in [1.82, 2.24) is 9.97 Å². The Morgan fingerprint density at radius 3 is 2.67 bits per heavy atom. The van der Waals surface area contributed by atoms with E-state index in [0.29, 0.717) is 5.82 Å². The van der Waals surface area contributed by atoms with Crippen molar-refractivity contribution in [3.05, 3.63) is 12.4 Å². The van der Waals surface area contributed by atoms with E-state index >= 15 is 0 Å². The summed E-state index contributed by atoms with van der Waals surface area (Å²) in [6, 6.07) is 4.00. The van der Waals surface area contributed by atoms with Crippen molar-refractivity contribution in [1.29, 1.82) is 5.26 Å². The number of rotatable bonds is 7. The van der Waals surface area contributed by atoms with Gasteiger partial charge in [0.2, 0.25) is 0 Å². The van der Waals surface area contributed by atoms with E-state index in [4.69, 9.17) is 5.26 Å². The van der Waals surface area contributed by atoms with Crippen molar-refractivity contribution in [2.45, 2.75) is 45.6 Å². The summed E-state index contributed by atoms with van der Waals surface area (Å²) in [5.74, 6) is 1.45. The van der Waals surface area contributed by atoms with Crippen LogP contribution in [-0.2, 0) is 0 Å². The van der Waals surface area contributed by atoms with Crippen molar-refractivity contribution in [3.8, 4) is 6.07 Å². The average molecular weight is 247 g/mol. The Hall–Kier alpha value is -1.83. The van der Waals surface area contributed by atoms with Crippen molar-refractivity contribution < 1.29 is 0 Å². The van der Waals surface area contributed by atoms with Gasteiger partial charge in [-0.15, -0.1) is 0 Å². The SMILES string of the molecule is CCCCCNc1cc(NC(C)(C)C#N)ncn1. The number of nitrogens with one attached hydrogen (secondary N) is 2. The predicted molar refractivity (Wildman–Crippen MR) is 73.4 cm³/mol. The lowest BCUT2D eigenvalue weighted by atomic mass is 10.1. The van der Waals surface area contributed by atoms with Crippen LogP contribution in [0, 0.1) is 11.3 Å². The van der Waals surface area contributed by atoms with Gasteiger partial charge in [0.25, 0.3) is 0 Å². The fourth-order valence-electron chi connectivity index (χ4n) is 1.46. The molecule has 0 saturated carbocycles. The summed E-state index contributed by atoms with van der Waals surface area (Å²) in [4.78, 5) is 8.25. The lowest BCUT2D eigenvalue weighted by Gasteiger charge is -2.18. The molecule has 0 atom stereocenters. The Kier molecular flexibility index (Phi) is 5.37. The number of nitrogens with zero attached hydrogens (tertiary/aromatic N) is 3. The van der Waals surface area contributed by atoms with Gasteiger partial charge in [-0.05, 0) is 20.3 Å². The van der Waals surface area contributed by atoms with E-state index in [-0.39, 0.29) is 0 Å². The maximum Gasteiger partial charge on any atom is 0.132 e. The highest BCUT2D eigenvalue weighted by Crippen LogP contribution is 2.14. The molecule has 2 N–H and O–H groups in total. The molecule has 5 heteroatoms. The van der Waals surface area contributed by atoms with Gasteiger partial charge < -0.3 is 10.6 Å². The van der Waals surface area contributed by atoms with Gasteiger partial charge in [-0.25, -0.2) is 9.97 Å². The van der Waals surface area contributed by atoms with E-state index < -0.39 is 5.54 Å². The van der Waals surface area contributed by atoms with Crippen molar-refractivity contribution in [2.24, 2.45) is 0 Å². The van der Waals surface area contributed by atoms with Gasteiger partial charge in [0.05, 0.1) is 6.07 Å². The number of anilines is 2. The summed E-state index contributed by atoms with van der Waals surface area (Å²) in [5.41, 5.74) is -0.631. The summed E-state index contributed by atoms with van der Waals surface area (Å²) in [6.07, 6.45) is 5.05. The average Bonchev–Trinajstić information content (AvgIpc) is 2.35. The molecule has 0 aliphatic heterocycles. The fourth-order valence-corrected chi connectivity index (χ4v) is 1.46. The topological polar surface area (TPSA) is 73.6 Å². The third kappa shape index (κ3) is 5.00. The molecule has 0 aromatic carbocycles. The zero-order valence-corrected chi connectivity index (χ0v) is 11.3. The molecule has 0 amide bonds. The lowest BCUT2D eigenvalue weighted by Crippen LogP contribution is -2.29. The zero-order chi connectivity index (χ0) is 13.4. The minimum absolute atomic E-state index is 0.631. The molecule has 0 bridgehead atoms. The number of hydrogen-bond donors (Lipinski definition) is 2. The summed E-state index contributed by atoms with van der Waals surface area (Å²) >= 11 is 0. The molecule has 0 radical (unpaired) electrons. The summed E-state index contributed by atoms with van der Waals surface area (Å²) in [5, 5.41) is 15.3. The van der Waals surface area contributed by atoms with E-state index in [1.807, 2.05) is 19.9 Å². The molecule has 0 fully saturated rings. The quantitative estimate of drug-likeness (QED) is 0.725. The molecule has 1 aromatic rings. The molecular formula is C13H21N5. The third-order valence-corrected chi connectivity index (χ3v) is 2.47. The molecule has 18 heavy (non-hydrogen) atoms. The highest BCUT2D eigenvalue weighted by molar-refractivity contribution is 5.48. The monoisotopic (exact) mass is 247 g/mol. The lowest BCUT2D eigenvalue weighted by molar-refractivity contribution is 0.722. The second-order valence-corrected chi connectivity index (χ2v) is 4.78. The van der Waals surface area contributed by atoms with Crippen LogP contribution in [0.5, 0.6) is 0 Å². The first kappa shape index (κ1) is 14.2. The summed E-state index contributed by atoms with van der Waals surface area (Å²) < 4.78 is 0. The van der Waals surface area contributed by atoms with Gasteiger partial charge in [-0.1, -0.05) is 19.8 Å². The molecule has 0 saturated heterocycles. The maximum atomic E-state index is 8.95. The van der Waals surface area contributed by atoms with E-state index in [2.05, 4.69) is 33.6 Å². The molecule has 5 nitrogen and oxygen atoms in total. The maximum absolute atomic E-state index is 8.95. The first-order valence-electron chi connectivity index (χ1n) is 6.33. The molecular weight excluding hydrogens is 226 g/mol. The highest BCUT2D eigenvalue weighted by atomic mass is 15.1. The molecule has 1 heterocycles. The molecule has 98 valence electrons. The Labute approximate surface area is 109 Å². The Bertz CT molecular complexity index is 408. The molecule has 0 spiro atoms. The van der Waals surface area contributed by atoms with Crippen LogP contribution in [0.1, 0.15) is 40.0 Å². The van der Waals surface area contributed by atoms with Gasteiger partial charge in [0, 0.05) is 12.6 Å². The second-order valence-electron chi connectivity index (χ2n) is 4.78. The molecule has 0 aliphatic carbocycles. The number of unbranched alkanes of at least 4 members (excludes halogenated alkanes) is 2. The van der Waals surface area contributed by atoms with Gasteiger partial charge >= 0.3 is 0 Å². The van der Waals surface area contributed by atoms with Crippen molar-refractivity contribution in [2.75, 3.05) is 17.2 Å². The van der Waals surface area contributed by atoms with Crippen LogP contribution in [0.15, 0.2) is 12.4 Å². The van der Waals surface area contributed by atoms with E-state index in [1.165, 1.54) is 19.2 Å². The van der Waals surface area contributed by atoms with Crippen LogP contribution in [0.2, 0.25) is 0 Å². The van der Waals surface area contributed by atoms with Gasteiger partial charge in [0.1, 0.15) is 23.5 Å². The van der Waals surface area contributed by atoms with Crippen LogP contribution >= 0.6 is 0 Å². The smallest absolute Gasteiger partial charge is 0.132 e. The number of hydrogen-bond acceptors (Lipinski definition) is 5. The highest BCUT2D eigenvalue weighted by Gasteiger charge is 2.16. The fraction of sp³-hybridized carbons (Fsp3) is 0.615.